The molecular weight excluding hydrogens is 414 g/mol. The number of nitrogens with zero attached hydrogens (tertiary/aromatic N) is 3. The highest BCUT2D eigenvalue weighted by Gasteiger charge is 2.26. The van der Waals surface area contributed by atoms with Crippen molar-refractivity contribution in [2.75, 3.05) is 18.6 Å². The molecular formula is C27H31N3O3. The summed E-state index contributed by atoms with van der Waals surface area (Å²) in [5.41, 5.74) is 4.22. The number of carboxylic acids is 1. The van der Waals surface area contributed by atoms with Gasteiger partial charge < -0.3 is 14.7 Å². The minimum atomic E-state index is -0.988. The van der Waals surface area contributed by atoms with E-state index in [4.69, 9.17) is 9.72 Å². The first-order valence-electron chi connectivity index (χ1n) is 11.6. The number of piperidine rings is 1. The molecule has 2 aromatic carbocycles. The minimum absolute atomic E-state index is 0.175. The lowest BCUT2D eigenvalue weighted by molar-refractivity contribution is 0.0694. The van der Waals surface area contributed by atoms with Crippen molar-refractivity contribution < 1.29 is 14.6 Å². The van der Waals surface area contributed by atoms with Gasteiger partial charge in [-0.2, -0.15) is 0 Å². The summed E-state index contributed by atoms with van der Waals surface area (Å²) in [6, 6.07) is 16.9. The molecule has 0 bridgehead atoms. The molecule has 1 aliphatic rings. The van der Waals surface area contributed by atoms with Gasteiger partial charge in [-0.3, -0.25) is 0 Å². The van der Waals surface area contributed by atoms with Crippen molar-refractivity contribution in [3.63, 3.8) is 0 Å². The molecule has 1 N–H and O–H groups in total. The van der Waals surface area contributed by atoms with Crippen LogP contribution in [-0.2, 0) is 19.3 Å². The molecule has 33 heavy (non-hydrogen) atoms. The molecule has 172 valence electrons. The topological polar surface area (TPSA) is 75.5 Å². The fourth-order valence-electron chi connectivity index (χ4n) is 4.56. The largest absolute Gasteiger partial charge is 0.496 e. The van der Waals surface area contributed by atoms with Crippen molar-refractivity contribution in [1.29, 1.82) is 0 Å². The Hall–Kier alpha value is -3.41. The van der Waals surface area contributed by atoms with Crippen LogP contribution >= 0.6 is 0 Å². The normalized spacial score (nSPS) is 15.9. The second kappa shape index (κ2) is 10.5. The third-order valence-corrected chi connectivity index (χ3v) is 6.41. The van der Waals surface area contributed by atoms with Gasteiger partial charge in [-0.05, 0) is 68.2 Å². The van der Waals surface area contributed by atoms with Crippen LogP contribution in [0.15, 0.2) is 54.7 Å². The van der Waals surface area contributed by atoms with E-state index in [1.807, 2.05) is 25.1 Å². The van der Waals surface area contributed by atoms with Crippen LogP contribution in [0.1, 0.15) is 52.0 Å². The third kappa shape index (κ3) is 5.51. The molecule has 6 nitrogen and oxygen atoms in total. The number of aromatic carboxylic acids is 1. The Labute approximate surface area is 195 Å². The van der Waals surface area contributed by atoms with Gasteiger partial charge in [0.2, 0.25) is 5.95 Å². The van der Waals surface area contributed by atoms with Crippen LogP contribution in [0.2, 0.25) is 0 Å². The lowest BCUT2D eigenvalue weighted by Crippen LogP contribution is -2.42. The predicted molar refractivity (Wildman–Crippen MR) is 129 cm³/mol. The number of hydrogen-bond acceptors (Lipinski definition) is 5. The van der Waals surface area contributed by atoms with Crippen molar-refractivity contribution >= 4 is 11.9 Å². The molecule has 0 radical (unpaired) electrons. The number of benzene rings is 2. The van der Waals surface area contributed by atoms with E-state index >= 15 is 0 Å². The second-order valence-electron chi connectivity index (χ2n) is 8.67. The van der Waals surface area contributed by atoms with Gasteiger partial charge in [0.1, 0.15) is 5.75 Å². The molecule has 2 heterocycles. The van der Waals surface area contributed by atoms with E-state index in [-0.39, 0.29) is 5.56 Å². The van der Waals surface area contributed by atoms with Crippen LogP contribution in [0.4, 0.5) is 5.95 Å². The highest BCUT2D eigenvalue weighted by Crippen LogP contribution is 2.26. The number of anilines is 1. The summed E-state index contributed by atoms with van der Waals surface area (Å²) >= 11 is 0. The first-order valence-corrected chi connectivity index (χ1v) is 11.6. The number of hydrogen-bond donors (Lipinski definition) is 1. The predicted octanol–water partition coefficient (Wildman–Crippen LogP) is 4.88. The standard InChI is InChI=1S/C27H31N3O3/c1-19-11-12-21(17-25(19)33-2)13-14-24-23(26(31)32)18-28-27(29-24)30-15-7-6-10-22(30)16-20-8-4-3-5-9-20/h3-5,8-9,11-12,17-18,22H,6-7,10,13-16H2,1-2H3,(H,31,32). The van der Waals surface area contributed by atoms with Crippen molar-refractivity contribution in [3.8, 4) is 5.75 Å². The molecule has 0 spiro atoms. The first-order chi connectivity index (χ1) is 16.0. The zero-order chi connectivity index (χ0) is 23.2. The van der Waals surface area contributed by atoms with Gasteiger partial charge in [-0.1, -0.05) is 42.5 Å². The molecule has 4 rings (SSSR count). The van der Waals surface area contributed by atoms with Crippen molar-refractivity contribution in [2.45, 2.75) is 51.5 Å². The maximum atomic E-state index is 11.9. The summed E-state index contributed by atoms with van der Waals surface area (Å²) in [6.45, 7) is 2.89. The van der Waals surface area contributed by atoms with E-state index in [1.54, 1.807) is 7.11 Å². The van der Waals surface area contributed by atoms with Gasteiger partial charge in [0, 0.05) is 18.8 Å². The highest BCUT2D eigenvalue weighted by molar-refractivity contribution is 5.88. The maximum Gasteiger partial charge on any atom is 0.339 e. The van der Waals surface area contributed by atoms with E-state index in [2.05, 4.69) is 40.2 Å². The molecule has 0 aliphatic carbocycles. The van der Waals surface area contributed by atoms with Gasteiger partial charge >= 0.3 is 5.97 Å². The van der Waals surface area contributed by atoms with Crippen LogP contribution in [0.25, 0.3) is 0 Å². The summed E-state index contributed by atoms with van der Waals surface area (Å²) in [4.78, 5) is 23.4. The summed E-state index contributed by atoms with van der Waals surface area (Å²) < 4.78 is 5.43. The van der Waals surface area contributed by atoms with Gasteiger partial charge in [-0.25, -0.2) is 14.8 Å². The molecule has 1 aromatic heterocycles. The summed E-state index contributed by atoms with van der Waals surface area (Å²) in [5, 5.41) is 9.72. The molecule has 1 fully saturated rings. The van der Waals surface area contributed by atoms with Crippen molar-refractivity contribution in [1.82, 2.24) is 9.97 Å². The average Bonchev–Trinajstić information content (AvgIpc) is 2.84. The molecule has 0 saturated carbocycles. The highest BCUT2D eigenvalue weighted by atomic mass is 16.5. The number of aryl methyl sites for hydroxylation is 3. The number of rotatable bonds is 8. The van der Waals surface area contributed by atoms with Crippen LogP contribution in [0.3, 0.4) is 0 Å². The zero-order valence-electron chi connectivity index (χ0n) is 19.3. The number of carboxylic acid groups (broad SMARTS) is 1. The van der Waals surface area contributed by atoms with Gasteiger partial charge in [0.05, 0.1) is 18.4 Å². The lowest BCUT2D eigenvalue weighted by atomic mass is 9.96. The molecule has 1 aliphatic heterocycles. The number of ether oxygens (including phenoxy) is 1. The van der Waals surface area contributed by atoms with E-state index in [0.717, 1.165) is 42.7 Å². The third-order valence-electron chi connectivity index (χ3n) is 6.41. The van der Waals surface area contributed by atoms with Crippen molar-refractivity contribution in [3.05, 3.63) is 82.7 Å². The molecule has 1 saturated heterocycles. The van der Waals surface area contributed by atoms with Gasteiger partial charge in [-0.15, -0.1) is 0 Å². The molecule has 1 unspecified atom stereocenters. The van der Waals surface area contributed by atoms with Crippen LogP contribution in [0.5, 0.6) is 5.75 Å². The zero-order valence-corrected chi connectivity index (χ0v) is 19.3. The van der Waals surface area contributed by atoms with E-state index < -0.39 is 5.97 Å². The SMILES string of the molecule is COc1cc(CCc2nc(N3CCCCC3Cc3ccccc3)ncc2C(=O)O)ccc1C. The Morgan fingerprint density at radius 2 is 1.94 bits per heavy atom. The number of methoxy groups -OCH3 is 1. The first kappa shape index (κ1) is 22.8. The monoisotopic (exact) mass is 445 g/mol. The Morgan fingerprint density at radius 1 is 1.12 bits per heavy atom. The maximum absolute atomic E-state index is 11.9. The van der Waals surface area contributed by atoms with Crippen LogP contribution < -0.4 is 9.64 Å². The van der Waals surface area contributed by atoms with Crippen molar-refractivity contribution in [2.24, 2.45) is 0 Å². The minimum Gasteiger partial charge on any atom is -0.496 e. The molecule has 0 amide bonds. The Bertz CT molecular complexity index is 1100. The Balaban J connectivity index is 1.57. The summed E-state index contributed by atoms with van der Waals surface area (Å²) in [5.74, 6) is 0.487. The molecule has 6 heteroatoms. The van der Waals surface area contributed by atoms with Crippen LogP contribution in [-0.4, -0.2) is 40.7 Å². The number of aromatic nitrogens is 2. The van der Waals surface area contributed by atoms with E-state index in [1.165, 1.54) is 18.2 Å². The van der Waals surface area contributed by atoms with Crippen LogP contribution in [0, 0.1) is 6.92 Å². The summed E-state index contributed by atoms with van der Waals surface area (Å²) in [7, 11) is 1.66. The number of carbonyl (C=O) groups is 1. The Morgan fingerprint density at radius 3 is 2.70 bits per heavy atom. The fraction of sp³-hybridized carbons (Fsp3) is 0.370. The molecule has 1 atom stereocenters. The second-order valence-corrected chi connectivity index (χ2v) is 8.67. The fourth-order valence-corrected chi connectivity index (χ4v) is 4.56. The summed E-state index contributed by atoms with van der Waals surface area (Å²) in [6.07, 6.45) is 6.98. The van der Waals surface area contributed by atoms with Gasteiger partial charge in [0.15, 0.2) is 0 Å². The Kier molecular flexibility index (Phi) is 7.23. The lowest BCUT2D eigenvalue weighted by Gasteiger charge is -2.36. The van der Waals surface area contributed by atoms with Gasteiger partial charge in [0.25, 0.3) is 0 Å². The van der Waals surface area contributed by atoms with E-state index in [0.29, 0.717) is 30.5 Å². The van der Waals surface area contributed by atoms with E-state index in [9.17, 15) is 9.90 Å². The quantitative estimate of drug-likeness (QED) is 0.533. The molecule has 3 aromatic rings. The average molecular weight is 446 g/mol. The smallest absolute Gasteiger partial charge is 0.339 e.